The number of likely N-dealkylation sites (tertiary alicyclic amines) is 2. The van der Waals surface area contributed by atoms with E-state index in [1.54, 1.807) is 30.3 Å². The Balaban J connectivity index is 0.967. The smallest absolute Gasteiger partial charge is 0.255 e. The SMILES string of the molecule is CC1(C)CCC(CN2CC3(C2)CN(C(=O)c2ccc4c(c2)CN(C2CCC(=O)NC2=O)C4=O)C3)=C(c2ccc(F)cc2)C1. The normalized spacial score (nSPS) is 24.5. The van der Waals surface area contributed by atoms with Crippen molar-refractivity contribution in [1.29, 1.82) is 0 Å². The number of fused-ring (bicyclic) bond motifs is 1. The summed E-state index contributed by atoms with van der Waals surface area (Å²) >= 11 is 0. The topological polar surface area (TPSA) is 90.0 Å². The van der Waals surface area contributed by atoms with Crippen LogP contribution in [0.25, 0.3) is 5.57 Å². The lowest BCUT2D eigenvalue weighted by molar-refractivity contribution is -0.136. The minimum absolute atomic E-state index is 0.0328. The van der Waals surface area contributed by atoms with Crippen LogP contribution >= 0.6 is 0 Å². The highest BCUT2D eigenvalue weighted by molar-refractivity contribution is 6.06. The Bertz CT molecular complexity index is 1570. The van der Waals surface area contributed by atoms with Gasteiger partial charge in [0, 0.05) is 62.2 Å². The molecule has 7 rings (SSSR count). The molecule has 8 nitrogen and oxygen atoms in total. The summed E-state index contributed by atoms with van der Waals surface area (Å²) in [4.78, 5) is 56.1. The van der Waals surface area contributed by atoms with Gasteiger partial charge in [-0.05, 0) is 78.1 Å². The molecule has 4 aliphatic heterocycles. The molecule has 1 unspecified atom stereocenters. The number of piperidine rings is 1. The molecule has 0 saturated carbocycles. The van der Waals surface area contributed by atoms with Crippen LogP contribution in [-0.4, -0.2) is 77.1 Å². The van der Waals surface area contributed by atoms with Crippen LogP contribution in [0.1, 0.15) is 77.8 Å². The number of allylic oxidation sites excluding steroid dienone is 1. The molecule has 224 valence electrons. The van der Waals surface area contributed by atoms with Crippen molar-refractivity contribution in [2.24, 2.45) is 10.8 Å². The Morgan fingerprint density at radius 2 is 1.74 bits per heavy atom. The molecule has 2 aromatic rings. The van der Waals surface area contributed by atoms with Crippen molar-refractivity contribution in [2.45, 2.75) is 58.5 Å². The first-order valence-electron chi connectivity index (χ1n) is 15.3. The van der Waals surface area contributed by atoms with Crippen molar-refractivity contribution in [3.05, 3.63) is 76.1 Å². The molecule has 1 atom stereocenters. The van der Waals surface area contributed by atoms with Crippen molar-refractivity contribution < 1.29 is 23.6 Å². The zero-order valence-corrected chi connectivity index (χ0v) is 24.7. The largest absolute Gasteiger partial charge is 0.337 e. The summed E-state index contributed by atoms with van der Waals surface area (Å²) in [5, 5.41) is 2.32. The molecule has 9 heteroatoms. The van der Waals surface area contributed by atoms with E-state index in [1.165, 1.54) is 16.0 Å². The number of nitrogens with zero attached hydrogens (tertiary/aromatic N) is 3. The molecule has 2 aromatic carbocycles. The fourth-order valence-electron chi connectivity index (χ4n) is 7.75. The van der Waals surface area contributed by atoms with E-state index in [-0.39, 0.29) is 47.3 Å². The molecule has 0 bridgehead atoms. The van der Waals surface area contributed by atoms with Crippen LogP contribution in [0, 0.1) is 16.6 Å². The monoisotopic (exact) mass is 584 g/mol. The summed E-state index contributed by atoms with van der Waals surface area (Å²) in [6.45, 7) is 9.14. The minimum Gasteiger partial charge on any atom is -0.337 e. The van der Waals surface area contributed by atoms with E-state index >= 15 is 0 Å². The first-order valence-corrected chi connectivity index (χ1v) is 15.3. The zero-order valence-electron chi connectivity index (χ0n) is 24.7. The molecular formula is C34H37FN4O4. The number of rotatable bonds is 5. The molecular weight excluding hydrogens is 547 g/mol. The standard InChI is InChI=1S/C34H37FN4O4/c1-33(2)12-11-23(27(14-33)21-3-6-25(35)7-4-21)15-37-17-34(18-37)19-38(20-34)31(42)22-5-8-26-24(13-22)16-39(32(26)43)28-9-10-29(40)36-30(28)41/h3-8,13,28H,9-12,14-20H2,1-2H3,(H,36,40,41). The quantitative estimate of drug-likeness (QED) is 0.537. The zero-order chi connectivity index (χ0) is 30.1. The molecule has 1 N–H and O–H groups in total. The number of hydrogen-bond donors (Lipinski definition) is 1. The lowest BCUT2D eigenvalue weighted by Gasteiger charge is -2.60. The molecule has 5 aliphatic rings. The molecule has 4 heterocycles. The molecule has 4 amide bonds. The lowest BCUT2D eigenvalue weighted by atomic mass is 9.70. The molecule has 0 aromatic heterocycles. The van der Waals surface area contributed by atoms with Crippen LogP contribution in [0.15, 0.2) is 48.0 Å². The van der Waals surface area contributed by atoms with Crippen LogP contribution in [0.2, 0.25) is 0 Å². The average molecular weight is 585 g/mol. The first-order chi connectivity index (χ1) is 20.5. The van der Waals surface area contributed by atoms with Crippen LogP contribution in [0.3, 0.4) is 0 Å². The summed E-state index contributed by atoms with van der Waals surface area (Å²) in [7, 11) is 0. The Labute approximate surface area is 250 Å². The molecule has 43 heavy (non-hydrogen) atoms. The second-order valence-electron chi connectivity index (χ2n) is 14.0. The van der Waals surface area contributed by atoms with Crippen LogP contribution in [0.5, 0.6) is 0 Å². The number of halogens is 1. The number of carbonyl (C=O) groups excluding carboxylic acids is 4. The maximum atomic E-state index is 13.6. The summed E-state index contributed by atoms with van der Waals surface area (Å²) in [6, 6.07) is 11.4. The lowest BCUT2D eigenvalue weighted by Crippen LogP contribution is -2.72. The van der Waals surface area contributed by atoms with Crippen molar-refractivity contribution in [3.63, 3.8) is 0 Å². The maximum absolute atomic E-state index is 13.6. The highest BCUT2D eigenvalue weighted by Gasteiger charge is 2.53. The first kappa shape index (κ1) is 28.0. The third-order valence-corrected chi connectivity index (χ3v) is 10.0. The fraction of sp³-hybridized carbons (Fsp3) is 0.471. The van der Waals surface area contributed by atoms with Gasteiger partial charge in [0.05, 0.1) is 0 Å². The van der Waals surface area contributed by atoms with Gasteiger partial charge in [0.1, 0.15) is 11.9 Å². The third kappa shape index (κ3) is 5.07. The van der Waals surface area contributed by atoms with Crippen molar-refractivity contribution in [2.75, 3.05) is 32.7 Å². The van der Waals surface area contributed by atoms with Gasteiger partial charge in [-0.3, -0.25) is 29.4 Å². The number of benzene rings is 2. The number of amides is 4. The molecule has 1 spiro atoms. The Hall–Kier alpha value is -3.85. The predicted molar refractivity (Wildman–Crippen MR) is 158 cm³/mol. The maximum Gasteiger partial charge on any atom is 0.255 e. The van der Waals surface area contributed by atoms with Crippen LogP contribution < -0.4 is 5.32 Å². The second-order valence-corrected chi connectivity index (χ2v) is 14.0. The van der Waals surface area contributed by atoms with Gasteiger partial charge in [0.15, 0.2) is 0 Å². The predicted octanol–water partition coefficient (Wildman–Crippen LogP) is 4.01. The van der Waals surface area contributed by atoms with E-state index in [0.717, 1.165) is 63.1 Å². The van der Waals surface area contributed by atoms with Crippen molar-refractivity contribution in [1.82, 2.24) is 20.0 Å². The number of imide groups is 1. The fourth-order valence-corrected chi connectivity index (χ4v) is 7.75. The average Bonchev–Trinajstić information content (AvgIpc) is 3.25. The van der Waals surface area contributed by atoms with E-state index in [2.05, 4.69) is 24.1 Å². The second kappa shape index (κ2) is 10.1. The van der Waals surface area contributed by atoms with E-state index in [1.807, 2.05) is 17.0 Å². The van der Waals surface area contributed by atoms with E-state index in [9.17, 15) is 23.6 Å². The highest BCUT2D eigenvalue weighted by atomic mass is 19.1. The van der Waals surface area contributed by atoms with E-state index < -0.39 is 11.9 Å². The summed E-state index contributed by atoms with van der Waals surface area (Å²) in [5.74, 6) is -1.23. The molecule has 3 saturated heterocycles. The minimum atomic E-state index is -0.670. The molecule has 0 radical (unpaired) electrons. The Morgan fingerprint density at radius 1 is 1.00 bits per heavy atom. The summed E-state index contributed by atoms with van der Waals surface area (Å²) < 4.78 is 13.6. The van der Waals surface area contributed by atoms with Gasteiger partial charge in [0.2, 0.25) is 11.8 Å². The van der Waals surface area contributed by atoms with Crippen LogP contribution in [0.4, 0.5) is 4.39 Å². The Kier molecular flexibility index (Phi) is 6.57. The van der Waals surface area contributed by atoms with Crippen LogP contribution in [-0.2, 0) is 16.1 Å². The summed E-state index contributed by atoms with van der Waals surface area (Å²) in [5.41, 5.74) is 6.10. The van der Waals surface area contributed by atoms with Gasteiger partial charge in [0.25, 0.3) is 11.8 Å². The third-order valence-electron chi connectivity index (χ3n) is 10.0. The number of carbonyl (C=O) groups is 4. The number of hydrogen-bond acceptors (Lipinski definition) is 5. The summed E-state index contributed by atoms with van der Waals surface area (Å²) in [6.07, 6.45) is 3.71. The Morgan fingerprint density at radius 3 is 2.47 bits per heavy atom. The van der Waals surface area contributed by atoms with Gasteiger partial charge in [-0.1, -0.05) is 31.6 Å². The van der Waals surface area contributed by atoms with Gasteiger partial charge in [-0.2, -0.15) is 0 Å². The van der Waals surface area contributed by atoms with Crippen molar-refractivity contribution in [3.8, 4) is 0 Å². The van der Waals surface area contributed by atoms with Gasteiger partial charge in [-0.15, -0.1) is 0 Å². The van der Waals surface area contributed by atoms with Gasteiger partial charge >= 0.3 is 0 Å². The van der Waals surface area contributed by atoms with Gasteiger partial charge in [-0.25, -0.2) is 4.39 Å². The van der Waals surface area contributed by atoms with Crippen molar-refractivity contribution >= 4 is 29.2 Å². The van der Waals surface area contributed by atoms with Gasteiger partial charge < -0.3 is 9.80 Å². The molecule has 1 aliphatic carbocycles. The van der Waals surface area contributed by atoms with E-state index in [4.69, 9.17) is 0 Å². The van der Waals surface area contributed by atoms with E-state index in [0.29, 0.717) is 17.5 Å². The number of nitrogens with one attached hydrogen (secondary N) is 1. The molecule has 3 fully saturated rings. The highest BCUT2D eigenvalue weighted by Crippen LogP contribution is 2.46.